The number of carbonyl (C=O) groups excluding carboxylic acids is 1. The Kier molecular flexibility index (Phi) is 5.54. The molecule has 1 amide bonds. The smallest absolute Gasteiger partial charge is 0.248 e. The largest absolute Gasteiger partial charge is 0.360 e. The first-order chi connectivity index (χ1) is 11.1. The van der Waals surface area contributed by atoms with Gasteiger partial charge in [0.25, 0.3) is 0 Å². The molecule has 0 saturated carbocycles. The Balaban J connectivity index is 2.16. The van der Waals surface area contributed by atoms with Crippen molar-refractivity contribution in [3.05, 3.63) is 39.7 Å². The van der Waals surface area contributed by atoms with Gasteiger partial charge in [-0.3, -0.25) is 4.79 Å². The molecule has 0 bridgehead atoms. The van der Waals surface area contributed by atoms with Gasteiger partial charge in [-0.25, -0.2) is 8.42 Å². The molecule has 1 heterocycles. The molecule has 10 heteroatoms. The lowest BCUT2D eigenvalue weighted by atomic mass is 10.3. The molecule has 0 aliphatic rings. The van der Waals surface area contributed by atoms with Crippen molar-refractivity contribution in [3.8, 4) is 0 Å². The molecule has 1 aromatic heterocycles. The lowest BCUT2D eigenvalue weighted by Gasteiger charge is -2.17. The highest BCUT2D eigenvalue weighted by molar-refractivity contribution is 7.89. The molecule has 0 radical (unpaired) electrons. The van der Waals surface area contributed by atoms with E-state index < -0.39 is 22.5 Å². The van der Waals surface area contributed by atoms with E-state index in [-0.39, 0.29) is 26.4 Å². The minimum absolute atomic E-state index is 0.0430. The van der Waals surface area contributed by atoms with Crippen molar-refractivity contribution in [2.24, 2.45) is 0 Å². The predicted octanol–water partition coefficient (Wildman–Crippen LogP) is 2.86. The Bertz CT molecular complexity index is 861. The van der Waals surface area contributed by atoms with Crippen molar-refractivity contribution in [1.82, 2.24) is 9.46 Å². The van der Waals surface area contributed by atoms with Gasteiger partial charge in [0.15, 0.2) is 5.76 Å². The third-order valence-electron chi connectivity index (χ3n) is 3.23. The number of nitrogens with one attached hydrogen (secondary N) is 1. The summed E-state index contributed by atoms with van der Waals surface area (Å²) in [6, 6.07) is 4.76. The minimum Gasteiger partial charge on any atom is -0.360 e. The number of aryl methyl sites for hydroxylation is 2. The molecule has 1 aromatic carbocycles. The Morgan fingerprint density at radius 1 is 1.33 bits per heavy atom. The molecule has 0 aliphatic carbocycles. The van der Waals surface area contributed by atoms with Gasteiger partial charge in [-0.15, -0.1) is 0 Å². The third-order valence-corrected chi connectivity index (χ3v) is 6.10. The predicted molar refractivity (Wildman–Crippen MR) is 90.9 cm³/mol. The van der Waals surface area contributed by atoms with Crippen LogP contribution in [0.15, 0.2) is 27.6 Å². The lowest BCUT2D eigenvalue weighted by Crippen LogP contribution is -2.35. The van der Waals surface area contributed by atoms with E-state index in [1.54, 1.807) is 18.2 Å². The van der Waals surface area contributed by atoms with Gasteiger partial charge in [0.1, 0.15) is 10.6 Å². The van der Waals surface area contributed by atoms with Crippen molar-refractivity contribution in [3.63, 3.8) is 0 Å². The van der Waals surface area contributed by atoms with Gasteiger partial charge in [0, 0.05) is 7.05 Å². The van der Waals surface area contributed by atoms with Crippen LogP contribution < -0.4 is 5.32 Å². The maximum absolute atomic E-state index is 12.5. The monoisotopic (exact) mass is 391 g/mol. The molecule has 24 heavy (non-hydrogen) atoms. The molecular weight excluding hydrogens is 377 g/mol. The standard InChI is InChI=1S/C14H15Cl2N3O4S/c1-8-14(9(2)23-18-8)24(21,22)19(3)7-12(20)17-11-6-4-5-10(15)13(11)16/h4-6H,7H2,1-3H3,(H,17,20). The minimum atomic E-state index is -3.91. The molecular formula is C14H15Cl2N3O4S. The van der Waals surface area contributed by atoms with Gasteiger partial charge in [0.2, 0.25) is 15.9 Å². The van der Waals surface area contributed by atoms with E-state index in [1.165, 1.54) is 20.9 Å². The van der Waals surface area contributed by atoms with E-state index in [1.807, 2.05) is 0 Å². The Labute approximate surface area is 149 Å². The Morgan fingerprint density at radius 3 is 2.58 bits per heavy atom. The molecule has 130 valence electrons. The zero-order valence-electron chi connectivity index (χ0n) is 13.1. The molecule has 1 N–H and O–H groups in total. The molecule has 0 saturated heterocycles. The van der Waals surface area contributed by atoms with Crippen molar-refractivity contribution in [2.45, 2.75) is 18.7 Å². The normalized spacial score (nSPS) is 11.8. The SMILES string of the molecule is Cc1noc(C)c1S(=O)(=O)N(C)CC(=O)Nc1cccc(Cl)c1Cl. The highest BCUT2D eigenvalue weighted by Crippen LogP contribution is 2.29. The number of likely N-dealkylation sites (N-methyl/N-ethyl adjacent to an activating group) is 1. The first kappa shape index (κ1) is 18.7. The summed E-state index contributed by atoms with van der Waals surface area (Å²) in [5, 5.41) is 6.62. The summed E-state index contributed by atoms with van der Waals surface area (Å²) >= 11 is 11.9. The van der Waals surface area contributed by atoms with Crippen molar-refractivity contribution < 1.29 is 17.7 Å². The Morgan fingerprint density at radius 2 is 2.00 bits per heavy atom. The summed E-state index contributed by atoms with van der Waals surface area (Å²) in [4.78, 5) is 12.1. The first-order valence-corrected chi connectivity index (χ1v) is 8.97. The van der Waals surface area contributed by atoms with E-state index in [0.717, 1.165) is 4.31 Å². The number of rotatable bonds is 5. The van der Waals surface area contributed by atoms with Gasteiger partial charge in [-0.2, -0.15) is 4.31 Å². The average molecular weight is 392 g/mol. The van der Waals surface area contributed by atoms with E-state index in [4.69, 9.17) is 27.7 Å². The number of sulfonamides is 1. The third kappa shape index (κ3) is 3.72. The second-order valence-corrected chi connectivity index (χ2v) is 7.83. The van der Waals surface area contributed by atoms with Gasteiger partial charge in [0.05, 0.1) is 22.3 Å². The fourth-order valence-electron chi connectivity index (χ4n) is 2.08. The molecule has 0 fully saturated rings. The lowest BCUT2D eigenvalue weighted by molar-refractivity contribution is -0.116. The number of aromatic nitrogens is 1. The summed E-state index contributed by atoms with van der Waals surface area (Å²) < 4.78 is 30.9. The number of hydrogen-bond donors (Lipinski definition) is 1. The molecule has 7 nitrogen and oxygen atoms in total. The van der Waals surface area contributed by atoms with Crippen molar-refractivity contribution >= 4 is 44.8 Å². The van der Waals surface area contributed by atoms with Crippen LogP contribution in [0.2, 0.25) is 10.0 Å². The van der Waals surface area contributed by atoms with E-state index >= 15 is 0 Å². The summed E-state index contributed by atoms with van der Waals surface area (Å²) in [6.07, 6.45) is 0. The van der Waals surface area contributed by atoms with Crippen molar-refractivity contribution in [2.75, 3.05) is 18.9 Å². The number of hydrogen-bond acceptors (Lipinski definition) is 5. The number of anilines is 1. The molecule has 0 unspecified atom stereocenters. The van der Waals surface area contributed by atoms with Crippen LogP contribution in [-0.4, -0.2) is 37.4 Å². The van der Waals surface area contributed by atoms with Gasteiger partial charge in [-0.1, -0.05) is 34.4 Å². The summed E-state index contributed by atoms with van der Waals surface area (Å²) in [5.41, 5.74) is 0.537. The molecule has 2 rings (SSSR count). The quantitative estimate of drug-likeness (QED) is 0.845. The van der Waals surface area contributed by atoms with E-state index in [9.17, 15) is 13.2 Å². The van der Waals surface area contributed by atoms with Crippen LogP contribution in [0.3, 0.4) is 0 Å². The molecule has 2 aromatic rings. The van der Waals surface area contributed by atoms with Crippen LogP contribution in [0.5, 0.6) is 0 Å². The number of halogens is 2. The second-order valence-electron chi connectivity index (χ2n) is 5.06. The van der Waals surface area contributed by atoms with E-state index in [0.29, 0.717) is 5.69 Å². The Hall–Kier alpha value is -1.61. The van der Waals surface area contributed by atoms with Crippen LogP contribution in [0.4, 0.5) is 5.69 Å². The fourth-order valence-corrected chi connectivity index (χ4v) is 3.83. The van der Waals surface area contributed by atoms with Crippen LogP contribution in [-0.2, 0) is 14.8 Å². The highest BCUT2D eigenvalue weighted by Gasteiger charge is 2.29. The van der Waals surface area contributed by atoms with Crippen molar-refractivity contribution in [1.29, 1.82) is 0 Å². The number of carbonyl (C=O) groups is 1. The molecule has 0 spiro atoms. The van der Waals surface area contributed by atoms with Gasteiger partial charge in [-0.05, 0) is 26.0 Å². The average Bonchev–Trinajstić information content (AvgIpc) is 2.83. The maximum atomic E-state index is 12.5. The zero-order valence-corrected chi connectivity index (χ0v) is 15.5. The fraction of sp³-hybridized carbons (Fsp3) is 0.286. The number of benzene rings is 1. The number of nitrogens with zero attached hydrogens (tertiary/aromatic N) is 2. The summed E-state index contributed by atoms with van der Waals surface area (Å²) in [7, 11) is -2.61. The van der Waals surface area contributed by atoms with E-state index in [2.05, 4.69) is 10.5 Å². The maximum Gasteiger partial charge on any atom is 0.248 e. The van der Waals surface area contributed by atoms with Crippen LogP contribution >= 0.6 is 23.2 Å². The molecule has 0 atom stereocenters. The second kappa shape index (κ2) is 7.10. The summed E-state index contributed by atoms with van der Waals surface area (Å²) in [5.74, 6) is -0.394. The van der Waals surface area contributed by atoms with Crippen LogP contribution in [0.25, 0.3) is 0 Å². The highest BCUT2D eigenvalue weighted by atomic mass is 35.5. The topological polar surface area (TPSA) is 92.5 Å². The summed E-state index contributed by atoms with van der Waals surface area (Å²) in [6.45, 7) is 2.60. The van der Waals surface area contributed by atoms with Crippen LogP contribution in [0, 0.1) is 13.8 Å². The zero-order chi connectivity index (χ0) is 18.1. The van der Waals surface area contributed by atoms with Gasteiger partial charge >= 0.3 is 0 Å². The molecule has 0 aliphatic heterocycles. The first-order valence-electron chi connectivity index (χ1n) is 6.77. The van der Waals surface area contributed by atoms with Crippen LogP contribution in [0.1, 0.15) is 11.5 Å². The number of amides is 1. The van der Waals surface area contributed by atoms with Gasteiger partial charge < -0.3 is 9.84 Å².